The number of aromatic nitrogens is 3. The highest BCUT2D eigenvalue weighted by atomic mass is 16.2. The maximum atomic E-state index is 12.4. The summed E-state index contributed by atoms with van der Waals surface area (Å²) in [4.78, 5) is 24.8. The van der Waals surface area contributed by atoms with E-state index in [4.69, 9.17) is 5.73 Å². The van der Waals surface area contributed by atoms with Crippen LogP contribution in [0, 0.1) is 13.8 Å². The van der Waals surface area contributed by atoms with Crippen molar-refractivity contribution < 1.29 is 9.59 Å². The fourth-order valence-corrected chi connectivity index (χ4v) is 2.89. The highest BCUT2D eigenvalue weighted by Crippen LogP contribution is 2.17. The van der Waals surface area contributed by atoms with Crippen molar-refractivity contribution in [2.45, 2.75) is 33.7 Å². The van der Waals surface area contributed by atoms with E-state index in [0.717, 1.165) is 17.5 Å². The molecular formula is C21H24N6O2. The molecule has 29 heavy (non-hydrogen) atoms. The average Bonchev–Trinajstić information content (AvgIpc) is 3.05. The number of hydrogen-bond donors (Lipinski definition) is 3. The van der Waals surface area contributed by atoms with E-state index in [2.05, 4.69) is 27.9 Å². The molecule has 2 amide bonds. The molecule has 0 aliphatic heterocycles. The van der Waals surface area contributed by atoms with Crippen LogP contribution in [0.15, 0.2) is 42.5 Å². The van der Waals surface area contributed by atoms with Crippen LogP contribution in [0.1, 0.15) is 34.1 Å². The maximum Gasteiger partial charge on any atom is 0.280 e. The van der Waals surface area contributed by atoms with E-state index in [0.29, 0.717) is 11.4 Å². The first kappa shape index (κ1) is 20.1. The summed E-state index contributed by atoms with van der Waals surface area (Å²) >= 11 is 0. The quantitative estimate of drug-likeness (QED) is 0.597. The van der Waals surface area contributed by atoms with Gasteiger partial charge in [-0.1, -0.05) is 42.0 Å². The second-order valence-corrected chi connectivity index (χ2v) is 6.85. The zero-order valence-corrected chi connectivity index (χ0v) is 16.7. The molecule has 0 saturated carbocycles. The van der Waals surface area contributed by atoms with Crippen LogP contribution in [0.2, 0.25) is 0 Å². The number of nitrogens with one attached hydrogen (secondary N) is 2. The van der Waals surface area contributed by atoms with Crippen molar-refractivity contribution >= 4 is 29.0 Å². The first-order chi connectivity index (χ1) is 13.9. The predicted octanol–water partition coefficient (Wildman–Crippen LogP) is 2.93. The van der Waals surface area contributed by atoms with Gasteiger partial charge in [0.25, 0.3) is 5.91 Å². The minimum Gasteiger partial charge on any atom is -0.382 e. The van der Waals surface area contributed by atoms with Crippen LogP contribution in [0.4, 0.5) is 17.2 Å². The molecule has 8 heteroatoms. The third kappa shape index (κ3) is 4.78. The van der Waals surface area contributed by atoms with Gasteiger partial charge in [-0.15, -0.1) is 5.10 Å². The SMILES string of the molecule is CCc1ccc(NC(=O)c2nnn(CC(=O)Nc3ccc(C)cc3C)c2N)cc1. The third-order valence-electron chi connectivity index (χ3n) is 4.56. The first-order valence-corrected chi connectivity index (χ1v) is 9.33. The topological polar surface area (TPSA) is 115 Å². The van der Waals surface area contributed by atoms with Crippen LogP contribution in [0.3, 0.4) is 0 Å². The Morgan fingerprint density at radius 3 is 2.45 bits per heavy atom. The number of anilines is 3. The highest BCUT2D eigenvalue weighted by molar-refractivity contribution is 6.05. The third-order valence-corrected chi connectivity index (χ3v) is 4.56. The molecule has 0 bridgehead atoms. The van der Waals surface area contributed by atoms with Crippen LogP contribution < -0.4 is 16.4 Å². The van der Waals surface area contributed by atoms with Gasteiger partial charge in [0, 0.05) is 11.4 Å². The Kier molecular flexibility index (Phi) is 5.92. The Morgan fingerprint density at radius 2 is 1.79 bits per heavy atom. The Morgan fingerprint density at radius 1 is 1.07 bits per heavy atom. The van der Waals surface area contributed by atoms with Gasteiger partial charge in [-0.25, -0.2) is 4.68 Å². The molecule has 1 aromatic heterocycles. The smallest absolute Gasteiger partial charge is 0.280 e. The number of nitrogen functional groups attached to an aromatic ring is 1. The number of aryl methyl sites for hydroxylation is 3. The van der Waals surface area contributed by atoms with Crippen molar-refractivity contribution in [2.24, 2.45) is 0 Å². The van der Waals surface area contributed by atoms with Gasteiger partial charge < -0.3 is 16.4 Å². The monoisotopic (exact) mass is 392 g/mol. The van der Waals surface area contributed by atoms with Crippen molar-refractivity contribution in [1.82, 2.24) is 15.0 Å². The molecule has 4 N–H and O–H groups in total. The second kappa shape index (κ2) is 8.55. The van der Waals surface area contributed by atoms with Gasteiger partial charge in [0.15, 0.2) is 11.5 Å². The van der Waals surface area contributed by atoms with E-state index < -0.39 is 5.91 Å². The standard InChI is InChI=1S/C21H24N6O2/c1-4-15-6-8-16(9-7-15)23-21(29)19-20(22)27(26-25-19)12-18(28)24-17-10-5-13(2)11-14(17)3/h5-11H,4,12,22H2,1-3H3,(H,23,29)(H,24,28). The largest absolute Gasteiger partial charge is 0.382 e. The van der Waals surface area contributed by atoms with E-state index in [9.17, 15) is 9.59 Å². The number of amides is 2. The lowest BCUT2D eigenvalue weighted by Crippen LogP contribution is -2.21. The number of rotatable bonds is 6. The van der Waals surface area contributed by atoms with Gasteiger partial charge in [-0.2, -0.15) is 0 Å². The fourth-order valence-electron chi connectivity index (χ4n) is 2.89. The van der Waals surface area contributed by atoms with Crippen LogP contribution >= 0.6 is 0 Å². The molecule has 0 aliphatic carbocycles. The van der Waals surface area contributed by atoms with Crippen LogP contribution in [-0.2, 0) is 17.8 Å². The van der Waals surface area contributed by atoms with Gasteiger partial charge in [-0.3, -0.25) is 9.59 Å². The second-order valence-electron chi connectivity index (χ2n) is 6.85. The molecule has 150 valence electrons. The molecule has 3 rings (SSSR count). The number of hydrogen-bond acceptors (Lipinski definition) is 5. The zero-order valence-electron chi connectivity index (χ0n) is 16.7. The van der Waals surface area contributed by atoms with Crippen LogP contribution in [0.5, 0.6) is 0 Å². The molecule has 0 fully saturated rings. The van der Waals surface area contributed by atoms with Gasteiger partial charge in [0.05, 0.1) is 0 Å². The van der Waals surface area contributed by atoms with Gasteiger partial charge in [0.2, 0.25) is 5.91 Å². The van der Waals surface area contributed by atoms with E-state index in [-0.39, 0.29) is 24.0 Å². The van der Waals surface area contributed by atoms with E-state index >= 15 is 0 Å². The Balaban J connectivity index is 1.66. The molecule has 0 aliphatic rings. The lowest BCUT2D eigenvalue weighted by Gasteiger charge is -2.09. The lowest BCUT2D eigenvalue weighted by atomic mass is 10.1. The Hall–Kier alpha value is -3.68. The summed E-state index contributed by atoms with van der Waals surface area (Å²) in [5.41, 5.74) is 10.6. The molecule has 8 nitrogen and oxygen atoms in total. The minimum absolute atomic E-state index is 0.0242. The van der Waals surface area contributed by atoms with Crippen molar-refractivity contribution in [3.8, 4) is 0 Å². The van der Waals surface area contributed by atoms with Crippen LogP contribution in [0.25, 0.3) is 0 Å². The highest BCUT2D eigenvalue weighted by Gasteiger charge is 2.19. The van der Waals surface area contributed by atoms with E-state index in [1.807, 2.05) is 56.3 Å². The van der Waals surface area contributed by atoms with Crippen molar-refractivity contribution in [2.75, 3.05) is 16.4 Å². The molecule has 1 heterocycles. The normalized spacial score (nSPS) is 10.6. The minimum atomic E-state index is -0.479. The molecule has 0 spiro atoms. The summed E-state index contributed by atoms with van der Waals surface area (Å²) < 4.78 is 1.20. The fraction of sp³-hybridized carbons (Fsp3) is 0.238. The Bertz CT molecular complexity index is 1040. The van der Waals surface area contributed by atoms with Crippen LogP contribution in [-0.4, -0.2) is 26.8 Å². The van der Waals surface area contributed by atoms with Crippen molar-refractivity contribution in [1.29, 1.82) is 0 Å². The van der Waals surface area contributed by atoms with Crippen molar-refractivity contribution in [3.05, 3.63) is 64.8 Å². The summed E-state index contributed by atoms with van der Waals surface area (Å²) in [7, 11) is 0. The molecule has 0 saturated heterocycles. The number of nitrogens with zero attached hydrogens (tertiary/aromatic N) is 3. The molecular weight excluding hydrogens is 368 g/mol. The summed E-state index contributed by atoms with van der Waals surface area (Å²) in [6.07, 6.45) is 0.916. The van der Waals surface area contributed by atoms with E-state index in [1.165, 1.54) is 10.2 Å². The molecule has 0 radical (unpaired) electrons. The first-order valence-electron chi connectivity index (χ1n) is 9.33. The molecule has 0 unspecified atom stereocenters. The van der Waals surface area contributed by atoms with Gasteiger partial charge in [0.1, 0.15) is 6.54 Å². The predicted molar refractivity (Wildman–Crippen MR) is 113 cm³/mol. The number of carbonyl (C=O) groups excluding carboxylic acids is 2. The molecule has 0 atom stereocenters. The number of benzene rings is 2. The summed E-state index contributed by atoms with van der Waals surface area (Å²) in [6.45, 7) is 5.81. The van der Waals surface area contributed by atoms with Crippen molar-refractivity contribution in [3.63, 3.8) is 0 Å². The number of nitrogens with two attached hydrogens (primary N) is 1. The summed E-state index contributed by atoms with van der Waals surface area (Å²) in [6, 6.07) is 13.2. The lowest BCUT2D eigenvalue weighted by molar-refractivity contribution is -0.116. The van der Waals surface area contributed by atoms with Gasteiger partial charge >= 0.3 is 0 Å². The summed E-state index contributed by atoms with van der Waals surface area (Å²) in [5.74, 6) is -0.757. The Labute approximate surface area is 169 Å². The number of carbonyl (C=O) groups is 2. The molecule has 3 aromatic rings. The van der Waals surface area contributed by atoms with E-state index in [1.54, 1.807) is 0 Å². The average molecular weight is 392 g/mol. The maximum absolute atomic E-state index is 12.4. The zero-order chi connectivity index (χ0) is 21.0. The molecule has 2 aromatic carbocycles. The van der Waals surface area contributed by atoms with Gasteiger partial charge in [-0.05, 0) is 49.6 Å². The summed E-state index contributed by atoms with van der Waals surface area (Å²) in [5, 5.41) is 13.2.